The van der Waals surface area contributed by atoms with Crippen LogP contribution >= 0.6 is 0 Å². The number of allylic oxidation sites excluding steroid dienone is 2. The van der Waals surface area contributed by atoms with Crippen molar-refractivity contribution in [1.82, 2.24) is 5.32 Å². The molecule has 0 bridgehead atoms. The van der Waals surface area contributed by atoms with Gasteiger partial charge in [0.25, 0.3) is 0 Å². The molecule has 356 valence electrons. The van der Waals surface area contributed by atoms with E-state index in [0.717, 1.165) is 64.2 Å². The Bertz CT molecular complexity index is 1130. The van der Waals surface area contributed by atoms with Crippen LogP contribution in [0.4, 0.5) is 0 Å². The second-order valence-corrected chi connectivity index (χ2v) is 18.5. The Morgan fingerprint density at radius 1 is 0.650 bits per heavy atom. The molecule has 7 atom stereocenters. The van der Waals surface area contributed by atoms with Crippen LogP contribution in [0.2, 0.25) is 0 Å². The fraction of sp³-hybridized carbons (Fsp3) is 0.936. The lowest BCUT2D eigenvalue weighted by Crippen LogP contribution is -2.61. The quantitative estimate of drug-likeness (QED) is 0.0194. The molecule has 0 spiro atoms. The van der Waals surface area contributed by atoms with Gasteiger partial charge >= 0.3 is 10.4 Å². The molecule has 1 aliphatic heterocycles. The van der Waals surface area contributed by atoms with Crippen molar-refractivity contribution in [1.29, 1.82) is 0 Å². The average Bonchev–Trinajstić information content (AvgIpc) is 3.22. The molecule has 0 aromatic rings. The fourth-order valence-corrected chi connectivity index (χ4v) is 8.48. The minimum atomic E-state index is -5.07. The molecule has 0 aromatic carbocycles. The van der Waals surface area contributed by atoms with Crippen LogP contribution in [0.1, 0.15) is 226 Å². The van der Waals surface area contributed by atoms with Crippen LogP contribution in [-0.2, 0) is 28.9 Å². The predicted octanol–water partition coefficient (Wildman–Crippen LogP) is 9.94. The van der Waals surface area contributed by atoms with Crippen molar-refractivity contribution in [3.63, 3.8) is 0 Å². The van der Waals surface area contributed by atoms with E-state index in [1.165, 1.54) is 128 Å². The molecule has 1 heterocycles. The predicted molar refractivity (Wildman–Crippen MR) is 241 cm³/mol. The topological polar surface area (TPSA) is 192 Å². The van der Waals surface area contributed by atoms with E-state index in [0.29, 0.717) is 12.8 Å². The summed E-state index contributed by atoms with van der Waals surface area (Å²) in [5, 5.41) is 44.9. The number of aliphatic hydroxyl groups is 4. The van der Waals surface area contributed by atoms with Crippen molar-refractivity contribution in [2.75, 3.05) is 13.2 Å². The summed E-state index contributed by atoms with van der Waals surface area (Å²) in [6, 6.07) is -0.858. The van der Waals surface area contributed by atoms with Gasteiger partial charge in [0.1, 0.15) is 24.4 Å². The minimum absolute atomic E-state index is 0.239. The lowest BCUT2D eigenvalue weighted by atomic mass is 9.99. The van der Waals surface area contributed by atoms with Gasteiger partial charge in [0.05, 0.1) is 25.4 Å². The summed E-state index contributed by atoms with van der Waals surface area (Å²) in [5.74, 6) is -0.239. The number of nitrogens with one attached hydrogen (secondary N) is 1. The molecule has 12 nitrogen and oxygen atoms in total. The zero-order chi connectivity index (χ0) is 44.1. The first-order valence-electron chi connectivity index (χ1n) is 24.6. The molecule has 60 heavy (non-hydrogen) atoms. The van der Waals surface area contributed by atoms with Crippen molar-refractivity contribution >= 4 is 16.3 Å². The first-order valence-corrected chi connectivity index (χ1v) is 25.9. The number of ether oxygens (including phenoxy) is 2. The standard InChI is InChI=1S/C47H91NO11S/c1-3-5-7-9-11-13-15-16-17-18-19-20-21-22-23-24-25-27-28-30-32-34-36-41(50)40(48-43(51)37-35-33-31-29-26-14-12-10-8-6-4-2)39-57-47-45(53)46(59-60(54,55)56)44(52)42(38-49)58-47/h10,12,40-42,44-47,49-50,52-53H,3-9,11,13-39H2,1-2H3,(H,48,51)(H,54,55,56)/b12-10-. The summed E-state index contributed by atoms with van der Waals surface area (Å²) in [4.78, 5) is 13.0. The number of carbonyl (C=O) groups excluding carboxylic acids is 1. The van der Waals surface area contributed by atoms with Crippen LogP contribution in [-0.4, -0.2) is 95.4 Å². The van der Waals surface area contributed by atoms with E-state index in [2.05, 4.69) is 35.5 Å². The molecular formula is C47H91NO11S. The second-order valence-electron chi connectivity index (χ2n) is 17.4. The first kappa shape index (κ1) is 56.9. The molecule has 0 aromatic heterocycles. The maximum Gasteiger partial charge on any atom is 0.397 e. The summed E-state index contributed by atoms with van der Waals surface area (Å²) in [6.45, 7) is 3.41. The molecule has 1 aliphatic rings. The molecule has 1 amide bonds. The second kappa shape index (κ2) is 38.3. The average molecular weight is 878 g/mol. The molecule has 13 heteroatoms. The van der Waals surface area contributed by atoms with Crippen molar-refractivity contribution in [3.8, 4) is 0 Å². The summed E-state index contributed by atoms with van der Waals surface area (Å²) in [7, 11) is -5.07. The Hall–Kier alpha value is -1.16. The maximum atomic E-state index is 13.0. The van der Waals surface area contributed by atoms with Gasteiger partial charge in [-0.15, -0.1) is 0 Å². The van der Waals surface area contributed by atoms with Crippen LogP contribution in [0.3, 0.4) is 0 Å². The van der Waals surface area contributed by atoms with Crippen molar-refractivity contribution < 1.29 is 51.8 Å². The molecular weight excluding hydrogens is 787 g/mol. The highest BCUT2D eigenvalue weighted by Crippen LogP contribution is 2.26. The van der Waals surface area contributed by atoms with E-state index >= 15 is 0 Å². The van der Waals surface area contributed by atoms with Crippen molar-refractivity contribution in [2.24, 2.45) is 0 Å². The van der Waals surface area contributed by atoms with Crippen LogP contribution in [0.15, 0.2) is 12.2 Å². The number of unbranched alkanes of at least 4 members (excludes halogenated alkanes) is 28. The summed E-state index contributed by atoms with van der Waals surface area (Å²) >= 11 is 0. The van der Waals surface area contributed by atoms with E-state index in [4.69, 9.17) is 9.47 Å². The van der Waals surface area contributed by atoms with E-state index in [1.54, 1.807) is 0 Å². The highest BCUT2D eigenvalue weighted by molar-refractivity contribution is 7.80. The Morgan fingerprint density at radius 2 is 1.08 bits per heavy atom. The van der Waals surface area contributed by atoms with E-state index < -0.39 is 59.9 Å². The SMILES string of the molecule is CCCC/C=C\CCCCCCCC(=O)NC(COC1OC(CO)C(O)C(OS(=O)(=O)O)C1O)C(O)CCCCCCCCCCCCCCCCCCCCCCCC. The van der Waals surface area contributed by atoms with Gasteiger partial charge in [-0.3, -0.25) is 9.35 Å². The van der Waals surface area contributed by atoms with Gasteiger partial charge in [-0.25, -0.2) is 4.18 Å². The number of aliphatic hydroxyl groups excluding tert-OH is 4. The zero-order valence-corrected chi connectivity index (χ0v) is 38.9. The van der Waals surface area contributed by atoms with Crippen LogP contribution in [0.5, 0.6) is 0 Å². The zero-order valence-electron chi connectivity index (χ0n) is 38.0. The van der Waals surface area contributed by atoms with Gasteiger partial charge in [-0.2, -0.15) is 8.42 Å². The van der Waals surface area contributed by atoms with E-state index in [-0.39, 0.29) is 18.9 Å². The Labute approximate surface area is 366 Å². The van der Waals surface area contributed by atoms with E-state index in [9.17, 15) is 38.2 Å². The molecule has 7 unspecified atom stereocenters. The largest absolute Gasteiger partial charge is 0.397 e. The minimum Gasteiger partial charge on any atom is -0.394 e. The number of rotatable bonds is 42. The summed E-state index contributed by atoms with van der Waals surface area (Å²) in [6.07, 6.45) is 33.7. The van der Waals surface area contributed by atoms with Crippen molar-refractivity contribution in [3.05, 3.63) is 12.2 Å². The smallest absolute Gasteiger partial charge is 0.394 e. The Kier molecular flexibility index (Phi) is 36.3. The summed E-state index contributed by atoms with van der Waals surface area (Å²) in [5.41, 5.74) is 0. The Morgan fingerprint density at radius 3 is 1.55 bits per heavy atom. The molecule has 0 radical (unpaired) electrons. The highest BCUT2D eigenvalue weighted by Gasteiger charge is 2.48. The molecule has 1 rings (SSSR count). The third-order valence-electron chi connectivity index (χ3n) is 11.8. The number of amides is 1. The number of hydrogen-bond donors (Lipinski definition) is 6. The van der Waals surface area contributed by atoms with Gasteiger partial charge in [0, 0.05) is 6.42 Å². The monoisotopic (exact) mass is 878 g/mol. The number of hydrogen-bond acceptors (Lipinski definition) is 10. The third kappa shape index (κ3) is 30.8. The molecule has 6 N–H and O–H groups in total. The van der Waals surface area contributed by atoms with Crippen LogP contribution in [0, 0.1) is 0 Å². The highest BCUT2D eigenvalue weighted by atomic mass is 32.3. The van der Waals surface area contributed by atoms with Gasteiger partial charge in [-0.05, 0) is 32.1 Å². The first-order chi connectivity index (χ1) is 29.0. The van der Waals surface area contributed by atoms with Crippen molar-refractivity contribution in [2.45, 2.75) is 269 Å². The number of carbonyl (C=O) groups is 1. The normalized spacial score (nSPS) is 20.8. The lowest BCUT2D eigenvalue weighted by Gasteiger charge is -2.41. The maximum absolute atomic E-state index is 13.0. The molecule has 1 fully saturated rings. The van der Waals surface area contributed by atoms with Crippen LogP contribution < -0.4 is 5.32 Å². The molecule has 0 aliphatic carbocycles. The van der Waals surface area contributed by atoms with Gasteiger partial charge < -0.3 is 35.2 Å². The fourth-order valence-electron chi connectivity index (χ4n) is 7.97. The van der Waals surface area contributed by atoms with E-state index in [1.807, 2.05) is 0 Å². The lowest BCUT2D eigenvalue weighted by molar-refractivity contribution is -0.298. The Balaban J connectivity index is 2.40. The molecule has 1 saturated heterocycles. The van der Waals surface area contributed by atoms with Gasteiger partial charge in [0.15, 0.2) is 6.29 Å². The van der Waals surface area contributed by atoms with Gasteiger partial charge in [0.2, 0.25) is 5.91 Å². The summed E-state index contributed by atoms with van der Waals surface area (Å²) < 4.78 is 47.7. The van der Waals surface area contributed by atoms with Crippen LogP contribution in [0.25, 0.3) is 0 Å². The molecule has 0 saturated carbocycles. The van der Waals surface area contributed by atoms with Gasteiger partial charge in [-0.1, -0.05) is 199 Å². The third-order valence-corrected chi connectivity index (χ3v) is 12.3.